The number of hydrogen-bond acceptors (Lipinski definition) is 9. The molecule has 1 saturated heterocycles. The second-order valence-corrected chi connectivity index (χ2v) is 6.32. The van der Waals surface area contributed by atoms with Crippen LogP contribution in [0, 0.1) is 10.1 Å². The summed E-state index contributed by atoms with van der Waals surface area (Å²) in [6, 6.07) is 9.90. The van der Waals surface area contributed by atoms with Gasteiger partial charge < -0.3 is 19.5 Å². The molecule has 4 rings (SSSR count). The minimum Gasteiger partial charge on any atom is -0.395 e. The van der Waals surface area contributed by atoms with Crippen molar-refractivity contribution in [3.05, 3.63) is 64.7 Å². The molecule has 0 bridgehead atoms. The SMILES string of the molecule is O=C(c1ccc([N+](=O)[O-])o1)N1CCN(c2ccc(Nc3cccnc3)nn2)CC1. The molecule has 0 unspecified atom stereocenters. The number of pyridine rings is 1. The Morgan fingerprint density at radius 3 is 2.55 bits per heavy atom. The van der Waals surface area contributed by atoms with Crippen molar-refractivity contribution in [3.63, 3.8) is 0 Å². The molecule has 1 aliphatic rings. The molecule has 1 aliphatic heterocycles. The lowest BCUT2D eigenvalue weighted by atomic mass is 10.3. The predicted octanol–water partition coefficient (Wildman–Crippen LogP) is 2.08. The van der Waals surface area contributed by atoms with E-state index < -0.39 is 10.8 Å². The fourth-order valence-corrected chi connectivity index (χ4v) is 2.98. The maximum Gasteiger partial charge on any atom is 0.433 e. The van der Waals surface area contributed by atoms with Gasteiger partial charge in [-0.05, 0) is 30.3 Å². The van der Waals surface area contributed by atoms with E-state index in [1.165, 1.54) is 12.1 Å². The second kappa shape index (κ2) is 7.92. The van der Waals surface area contributed by atoms with E-state index in [0.717, 1.165) is 5.69 Å². The Kier molecular flexibility index (Phi) is 5.01. The first kappa shape index (κ1) is 18.3. The van der Waals surface area contributed by atoms with Gasteiger partial charge in [-0.1, -0.05) is 0 Å². The molecule has 4 heterocycles. The van der Waals surface area contributed by atoms with Crippen LogP contribution in [0.2, 0.25) is 0 Å². The van der Waals surface area contributed by atoms with Gasteiger partial charge >= 0.3 is 5.88 Å². The Morgan fingerprint density at radius 1 is 1.10 bits per heavy atom. The smallest absolute Gasteiger partial charge is 0.395 e. The highest BCUT2D eigenvalue weighted by molar-refractivity contribution is 5.92. The van der Waals surface area contributed by atoms with Crippen LogP contribution >= 0.6 is 0 Å². The molecule has 1 N–H and O–H groups in total. The maximum atomic E-state index is 12.4. The number of nitrogens with one attached hydrogen (secondary N) is 1. The Balaban J connectivity index is 1.34. The number of rotatable bonds is 5. The quantitative estimate of drug-likeness (QED) is 0.509. The molecule has 0 saturated carbocycles. The molecule has 1 fully saturated rings. The Morgan fingerprint density at radius 2 is 1.93 bits per heavy atom. The van der Waals surface area contributed by atoms with Gasteiger partial charge in [-0.25, -0.2) is 0 Å². The van der Waals surface area contributed by atoms with Crippen LogP contribution in [0.15, 0.2) is 53.2 Å². The van der Waals surface area contributed by atoms with Gasteiger partial charge in [-0.2, -0.15) is 0 Å². The molecule has 1 amide bonds. The standard InChI is InChI=1S/C18H17N7O4/c26-18(14-3-6-17(29-14)25(27)28)24-10-8-23(9-11-24)16-5-4-15(21-22-16)20-13-2-1-7-19-12-13/h1-7,12H,8-11H2,(H,20,21). The van der Waals surface area contributed by atoms with Gasteiger partial charge in [-0.3, -0.25) is 19.9 Å². The number of furan rings is 1. The van der Waals surface area contributed by atoms with Crippen LogP contribution < -0.4 is 10.2 Å². The summed E-state index contributed by atoms with van der Waals surface area (Å²) in [6.07, 6.45) is 3.39. The average Bonchev–Trinajstić information content (AvgIpc) is 3.25. The molecule has 148 valence electrons. The average molecular weight is 395 g/mol. The van der Waals surface area contributed by atoms with Gasteiger partial charge in [0.1, 0.15) is 4.92 Å². The summed E-state index contributed by atoms with van der Waals surface area (Å²) in [5.41, 5.74) is 0.819. The van der Waals surface area contributed by atoms with Gasteiger partial charge in [-0.15, -0.1) is 10.2 Å². The van der Waals surface area contributed by atoms with Crippen molar-refractivity contribution in [2.45, 2.75) is 0 Å². The molecule has 3 aromatic heterocycles. The predicted molar refractivity (Wildman–Crippen MR) is 103 cm³/mol. The molecule has 11 heteroatoms. The minimum absolute atomic E-state index is 0.0317. The highest BCUT2D eigenvalue weighted by atomic mass is 16.6. The number of piperazine rings is 1. The number of amides is 1. The van der Waals surface area contributed by atoms with Crippen LogP contribution in [0.25, 0.3) is 0 Å². The molecule has 0 radical (unpaired) electrons. The van der Waals surface area contributed by atoms with Crippen LogP contribution in [0.4, 0.5) is 23.2 Å². The summed E-state index contributed by atoms with van der Waals surface area (Å²) in [5, 5.41) is 22.2. The van der Waals surface area contributed by atoms with E-state index in [-0.39, 0.29) is 11.7 Å². The highest BCUT2D eigenvalue weighted by Gasteiger charge is 2.26. The third-order valence-electron chi connectivity index (χ3n) is 4.46. The summed E-state index contributed by atoms with van der Waals surface area (Å²) >= 11 is 0. The van der Waals surface area contributed by atoms with Crippen molar-refractivity contribution in [2.24, 2.45) is 0 Å². The molecular formula is C18H17N7O4. The highest BCUT2D eigenvalue weighted by Crippen LogP contribution is 2.20. The van der Waals surface area contributed by atoms with Gasteiger partial charge in [0.15, 0.2) is 17.4 Å². The van der Waals surface area contributed by atoms with E-state index in [1.54, 1.807) is 17.3 Å². The van der Waals surface area contributed by atoms with Crippen molar-refractivity contribution in [1.82, 2.24) is 20.1 Å². The van der Waals surface area contributed by atoms with Gasteiger partial charge in [0.25, 0.3) is 5.91 Å². The van der Waals surface area contributed by atoms with Gasteiger partial charge in [0.2, 0.25) is 0 Å². The maximum absolute atomic E-state index is 12.4. The zero-order valence-electron chi connectivity index (χ0n) is 15.3. The number of hydrogen-bond donors (Lipinski definition) is 1. The van der Waals surface area contributed by atoms with E-state index >= 15 is 0 Å². The second-order valence-electron chi connectivity index (χ2n) is 6.32. The Labute approximate surface area is 165 Å². The Hall–Kier alpha value is -4.02. The number of carbonyl (C=O) groups excluding carboxylic acids is 1. The van der Waals surface area contributed by atoms with Crippen molar-refractivity contribution in [2.75, 3.05) is 36.4 Å². The van der Waals surface area contributed by atoms with E-state index in [4.69, 9.17) is 4.42 Å². The van der Waals surface area contributed by atoms with E-state index in [1.807, 2.05) is 29.2 Å². The summed E-state index contributed by atoms with van der Waals surface area (Å²) in [4.78, 5) is 30.1. The molecule has 0 atom stereocenters. The zero-order valence-corrected chi connectivity index (χ0v) is 15.3. The third-order valence-corrected chi connectivity index (χ3v) is 4.46. The van der Waals surface area contributed by atoms with Crippen LogP contribution in [-0.4, -0.2) is 57.1 Å². The van der Waals surface area contributed by atoms with Crippen LogP contribution in [0.1, 0.15) is 10.6 Å². The molecule has 29 heavy (non-hydrogen) atoms. The lowest BCUT2D eigenvalue weighted by Crippen LogP contribution is -2.49. The molecule has 0 aromatic carbocycles. The van der Waals surface area contributed by atoms with Gasteiger partial charge in [0.05, 0.1) is 18.0 Å². The van der Waals surface area contributed by atoms with Crippen molar-refractivity contribution in [3.8, 4) is 0 Å². The number of aromatic nitrogens is 3. The normalized spacial score (nSPS) is 13.9. The largest absolute Gasteiger partial charge is 0.433 e. The summed E-state index contributed by atoms with van der Waals surface area (Å²) < 4.78 is 5.00. The minimum atomic E-state index is -0.666. The van der Waals surface area contributed by atoms with E-state index in [9.17, 15) is 14.9 Å². The van der Waals surface area contributed by atoms with E-state index in [0.29, 0.717) is 37.8 Å². The number of nitro groups is 1. The third kappa shape index (κ3) is 4.13. The topological polar surface area (TPSA) is 131 Å². The van der Waals surface area contributed by atoms with E-state index in [2.05, 4.69) is 20.5 Å². The van der Waals surface area contributed by atoms with Crippen LogP contribution in [0.3, 0.4) is 0 Å². The lowest BCUT2D eigenvalue weighted by molar-refractivity contribution is -0.402. The summed E-state index contributed by atoms with van der Waals surface area (Å²) in [7, 11) is 0. The number of nitrogens with zero attached hydrogens (tertiary/aromatic N) is 6. The molecule has 11 nitrogen and oxygen atoms in total. The first-order valence-electron chi connectivity index (χ1n) is 8.89. The zero-order chi connectivity index (χ0) is 20.2. The van der Waals surface area contributed by atoms with Crippen LogP contribution in [-0.2, 0) is 0 Å². The fourth-order valence-electron chi connectivity index (χ4n) is 2.98. The lowest BCUT2D eigenvalue weighted by Gasteiger charge is -2.34. The first-order valence-corrected chi connectivity index (χ1v) is 8.89. The van der Waals surface area contributed by atoms with Crippen LogP contribution in [0.5, 0.6) is 0 Å². The van der Waals surface area contributed by atoms with Crippen molar-refractivity contribution < 1.29 is 14.1 Å². The first-order chi connectivity index (χ1) is 14.1. The summed E-state index contributed by atoms with van der Waals surface area (Å²) in [5.74, 6) is 0.482. The molecular weight excluding hydrogens is 378 g/mol. The Bertz CT molecular complexity index is 999. The molecule has 0 spiro atoms. The number of carbonyl (C=O) groups is 1. The molecule has 3 aromatic rings. The van der Waals surface area contributed by atoms with Crippen molar-refractivity contribution >= 4 is 29.1 Å². The van der Waals surface area contributed by atoms with Crippen molar-refractivity contribution in [1.29, 1.82) is 0 Å². The molecule has 0 aliphatic carbocycles. The van der Waals surface area contributed by atoms with Gasteiger partial charge in [0, 0.05) is 32.4 Å². The summed E-state index contributed by atoms with van der Waals surface area (Å²) in [6.45, 7) is 2.03. The number of anilines is 3. The monoisotopic (exact) mass is 395 g/mol. The fraction of sp³-hybridized carbons (Fsp3) is 0.222.